The topological polar surface area (TPSA) is 38.3 Å². The van der Waals surface area contributed by atoms with E-state index in [4.69, 9.17) is 27.9 Å². The zero-order valence-corrected chi connectivity index (χ0v) is 13.9. The fourth-order valence-corrected chi connectivity index (χ4v) is 2.59. The number of hydrogen-bond donors (Lipinski definition) is 1. The summed E-state index contributed by atoms with van der Waals surface area (Å²) in [7, 11) is 0. The summed E-state index contributed by atoms with van der Waals surface area (Å²) >= 11 is 12.0. The Bertz CT molecular complexity index is 646. The first kappa shape index (κ1) is 16.7. The molecule has 116 valence electrons. The van der Waals surface area contributed by atoms with Crippen LogP contribution in [0.5, 0.6) is 5.75 Å². The number of nitrogens with one attached hydrogen (secondary N) is 1. The summed E-state index contributed by atoms with van der Waals surface area (Å²) < 4.78 is 5.60. The summed E-state index contributed by atoms with van der Waals surface area (Å²) in [6, 6.07) is 14.2. The molecule has 0 spiro atoms. The second-order valence-electron chi connectivity index (χ2n) is 4.97. The molecule has 3 nitrogen and oxygen atoms in total. The SMILES string of the molecule is C[C@H](Oc1ccccc1)C(=O)N[C@H](C)c1ccc(Cl)cc1Cl. The molecule has 0 fully saturated rings. The van der Waals surface area contributed by atoms with Crippen LogP contribution in [0, 0.1) is 0 Å². The van der Waals surface area contributed by atoms with Crippen molar-refractivity contribution in [2.24, 2.45) is 0 Å². The second-order valence-corrected chi connectivity index (χ2v) is 5.81. The van der Waals surface area contributed by atoms with E-state index in [0.717, 1.165) is 5.56 Å². The number of carbonyl (C=O) groups is 1. The van der Waals surface area contributed by atoms with Gasteiger partial charge in [0.2, 0.25) is 0 Å². The van der Waals surface area contributed by atoms with Gasteiger partial charge in [-0.05, 0) is 43.7 Å². The lowest BCUT2D eigenvalue weighted by Crippen LogP contribution is -2.37. The lowest BCUT2D eigenvalue weighted by atomic mass is 10.1. The summed E-state index contributed by atoms with van der Waals surface area (Å²) in [5.74, 6) is 0.449. The van der Waals surface area contributed by atoms with Crippen LogP contribution in [0.15, 0.2) is 48.5 Å². The van der Waals surface area contributed by atoms with E-state index in [1.807, 2.05) is 37.3 Å². The maximum absolute atomic E-state index is 12.2. The van der Waals surface area contributed by atoms with E-state index >= 15 is 0 Å². The van der Waals surface area contributed by atoms with Crippen molar-refractivity contribution in [3.05, 3.63) is 64.1 Å². The third-order valence-electron chi connectivity index (χ3n) is 3.21. The average molecular weight is 338 g/mol. The molecule has 0 heterocycles. The molecule has 1 N–H and O–H groups in total. The van der Waals surface area contributed by atoms with Crippen LogP contribution in [0.2, 0.25) is 10.0 Å². The Labute approximate surface area is 140 Å². The van der Waals surface area contributed by atoms with Gasteiger partial charge in [0.1, 0.15) is 5.75 Å². The lowest BCUT2D eigenvalue weighted by Gasteiger charge is -2.20. The van der Waals surface area contributed by atoms with Gasteiger partial charge in [0.15, 0.2) is 6.10 Å². The number of benzene rings is 2. The highest BCUT2D eigenvalue weighted by Crippen LogP contribution is 2.26. The van der Waals surface area contributed by atoms with Crippen LogP contribution in [-0.2, 0) is 4.79 Å². The van der Waals surface area contributed by atoms with E-state index in [9.17, 15) is 4.79 Å². The van der Waals surface area contributed by atoms with Crippen LogP contribution in [0.4, 0.5) is 0 Å². The minimum absolute atomic E-state index is 0.206. The third-order valence-corrected chi connectivity index (χ3v) is 3.78. The van der Waals surface area contributed by atoms with Gasteiger partial charge in [0.25, 0.3) is 5.91 Å². The number of rotatable bonds is 5. The summed E-state index contributed by atoms with van der Waals surface area (Å²) in [4.78, 5) is 12.2. The van der Waals surface area contributed by atoms with Gasteiger partial charge in [0, 0.05) is 10.0 Å². The molecule has 0 saturated carbocycles. The van der Waals surface area contributed by atoms with Crippen LogP contribution in [0.1, 0.15) is 25.5 Å². The van der Waals surface area contributed by atoms with Crippen LogP contribution in [0.25, 0.3) is 0 Å². The molecule has 0 bridgehead atoms. The smallest absolute Gasteiger partial charge is 0.261 e. The first-order valence-corrected chi connectivity index (χ1v) is 7.70. The fraction of sp³-hybridized carbons (Fsp3) is 0.235. The van der Waals surface area contributed by atoms with Crippen molar-refractivity contribution in [1.29, 1.82) is 0 Å². The van der Waals surface area contributed by atoms with Crippen molar-refractivity contribution in [3.8, 4) is 5.75 Å². The summed E-state index contributed by atoms with van der Waals surface area (Å²) in [6.07, 6.45) is -0.601. The molecule has 2 rings (SSSR count). The molecule has 0 radical (unpaired) electrons. The summed E-state index contributed by atoms with van der Waals surface area (Å²) in [5.41, 5.74) is 0.811. The van der Waals surface area contributed by atoms with Gasteiger partial charge in [-0.2, -0.15) is 0 Å². The van der Waals surface area contributed by atoms with Crippen molar-refractivity contribution in [3.63, 3.8) is 0 Å². The molecule has 0 unspecified atom stereocenters. The maximum atomic E-state index is 12.2. The van der Waals surface area contributed by atoms with Gasteiger partial charge >= 0.3 is 0 Å². The van der Waals surface area contributed by atoms with Gasteiger partial charge in [-0.3, -0.25) is 4.79 Å². The zero-order valence-electron chi connectivity index (χ0n) is 12.3. The molecule has 2 aromatic rings. The molecular formula is C17H17Cl2NO2. The van der Waals surface area contributed by atoms with Crippen molar-refractivity contribution in [2.75, 3.05) is 0 Å². The zero-order chi connectivity index (χ0) is 16.1. The molecule has 0 aromatic heterocycles. The summed E-state index contributed by atoms with van der Waals surface area (Å²) in [5, 5.41) is 3.97. The van der Waals surface area contributed by atoms with E-state index < -0.39 is 6.10 Å². The Morgan fingerprint density at radius 3 is 2.41 bits per heavy atom. The predicted octanol–water partition coefficient (Wildman–Crippen LogP) is 4.64. The number of hydrogen-bond acceptors (Lipinski definition) is 2. The minimum Gasteiger partial charge on any atom is -0.481 e. The molecule has 2 aromatic carbocycles. The predicted molar refractivity (Wildman–Crippen MR) is 89.6 cm³/mol. The Morgan fingerprint density at radius 2 is 1.77 bits per heavy atom. The van der Waals surface area contributed by atoms with Crippen molar-refractivity contribution < 1.29 is 9.53 Å². The van der Waals surface area contributed by atoms with Gasteiger partial charge in [-0.1, -0.05) is 47.5 Å². The fourth-order valence-electron chi connectivity index (χ4n) is 2.02. The van der Waals surface area contributed by atoms with Gasteiger partial charge in [-0.25, -0.2) is 0 Å². The van der Waals surface area contributed by atoms with Gasteiger partial charge in [0.05, 0.1) is 6.04 Å². The quantitative estimate of drug-likeness (QED) is 0.863. The van der Waals surface area contributed by atoms with Crippen molar-refractivity contribution in [1.82, 2.24) is 5.32 Å². The highest BCUT2D eigenvalue weighted by atomic mass is 35.5. The van der Waals surface area contributed by atoms with Crippen molar-refractivity contribution in [2.45, 2.75) is 26.0 Å². The van der Waals surface area contributed by atoms with Gasteiger partial charge < -0.3 is 10.1 Å². The lowest BCUT2D eigenvalue weighted by molar-refractivity contribution is -0.127. The average Bonchev–Trinajstić information content (AvgIpc) is 2.47. The second kappa shape index (κ2) is 7.52. The highest BCUT2D eigenvalue weighted by Gasteiger charge is 2.19. The van der Waals surface area contributed by atoms with Crippen LogP contribution in [0.3, 0.4) is 0 Å². The first-order valence-electron chi connectivity index (χ1n) is 6.94. The molecule has 1 amide bonds. The summed E-state index contributed by atoms with van der Waals surface area (Å²) in [6.45, 7) is 3.57. The standard InChI is InChI=1S/C17H17Cl2NO2/c1-11(15-9-8-13(18)10-16(15)19)20-17(21)12(2)22-14-6-4-3-5-7-14/h3-12H,1-2H3,(H,20,21)/t11-,12+/m1/s1. The molecule has 5 heteroatoms. The molecular weight excluding hydrogens is 321 g/mol. The molecule has 0 aliphatic rings. The highest BCUT2D eigenvalue weighted by molar-refractivity contribution is 6.35. The van der Waals surface area contributed by atoms with Crippen LogP contribution in [-0.4, -0.2) is 12.0 Å². The van der Waals surface area contributed by atoms with Crippen LogP contribution < -0.4 is 10.1 Å². The number of ether oxygens (including phenoxy) is 1. The Hall–Kier alpha value is -1.71. The molecule has 2 atom stereocenters. The molecule has 0 aliphatic heterocycles. The van der Waals surface area contributed by atoms with E-state index in [1.54, 1.807) is 25.1 Å². The monoisotopic (exact) mass is 337 g/mol. The number of carbonyl (C=O) groups excluding carboxylic acids is 1. The minimum atomic E-state index is -0.601. The van der Waals surface area contributed by atoms with Crippen LogP contribution >= 0.6 is 23.2 Å². The first-order chi connectivity index (χ1) is 10.5. The molecule has 0 saturated heterocycles. The number of para-hydroxylation sites is 1. The van der Waals surface area contributed by atoms with E-state index in [0.29, 0.717) is 15.8 Å². The number of amides is 1. The maximum Gasteiger partial charge on any atom is 0.261 e. The normalized spacial score (nSPS) is 13.3. The number of halogens is 2. The van der Waals surface area contributed by atoms with E-state index in [-0.39, 0.29) is 11.9 Å². The van der Waals surface area contributed by atoms with E-state index in [1.165, 1.54) is 0 Å². The Balaban J connectivity index is 1.98. The largest absolute Gasteiger partial charge is 0.481 e. The molecule has 22 heavy (non-hydrogen) atoms. The van der Waals surface area contributed by atoms with E-state index in [2.05, 4.69) is 5.32 Å². The molecule has 0 aliphatic carbocycles. The van der Waals surface area contributed by atoms with Crippen molar-refractivity contribution >= 4 is 29.1 Å². The van der Waals surface area contributed by atoms with Gasteiger partial charge in [-0.15, -0.1) is 0 Å². The Kier molecular flexibility index (Phi) is 5.69. The Morgan fingerprint density at radius 1 is 1.09 bits per heavy atom. The third kappa shape index (κ3) is 4.39.